The van der Waals surface area contributed by atoms with Gasteiger partial charge in [0.15, 0.2) is 0 Å². The van der Waals surface area contributed by atoms with Gasteiger partial charge in [0.2, 0.25) is 0 Å². The molecule has 0 heterocycles. The fourth-order valence-corrected chi connectivity index (χ4v) is 1.36. The summed E-state index contributed by atoms with van der Waals surface area (Å²) in [5.41, 5.74) is 0. The monoisotopic (exact) mass is 425 g/mol. The zero-order valence-electron chi connectivity index (χ0n) is 11.2. The molecule has 1 nitrogen and oxygen atoms in total. The van der Waals surface area contributed by atoms with Gasteiger partial charge in [-0.05, 0) is 25.7 Å². The van der Waals surface area contributed by atoms with Crippen molar-refractivity contribution >= 4 is 0 Å². The standard InChI is InChI=1S/C8H12.C7H7O.CH3.Pt/c1-2-4-6-8-7-5-3-1;1-8-7-5-3-2-4-6-7;;/h1-2,7-8H,3-6H2;3-6H,1H3;1H3;/q;2*-1;+2/b2-1-,8-7-;;;. The Morgan fingerprint density at radius 1 is 0.889 bits per heavy atom. The van der Waals surface area contributed by atoms with Gasteiger partial charge in [0.1, 0.15) is 0 Å². The smallest absolute Gasteiger partial charge is 0.522 e. The van der Waals surface area contributed by atoms with Crippen molar-refractivity contribution in [1.29, 1.82) is 0 Å². The molecule has 0 saturated carbocycles. The molecule has 0 atom stereocenters. The second kappa shape index (κ2) is 14.3. The molecule has 0 bridgehead atoms. The minimum atomic E-state index is 0. The number of rotatable bonds is 1. The molecule has 0 saturated heterocycles. The van der Waals surface area contributed by atoms with E-state index < -0.39 is 0 Å². The second-order valence-electron chi connectivity index (χ2n) is 3.54. The summed E-state index contributed by atoms with van der Waals surface area (Å²) in [5.74, 6) is 0.878. The van der Waals surface area contributed by atoms with E-state index in [4.69, 9.17) is 4.74 Å². The Kier molecular flexibility index (Phi) is 15.5. The molecular weight excluding hydrogens is 403 g/mol. The number of methoxy groups -OCH3 is 1. The van der Waals surface area contributed by atoms with E-state index in [1.54, 1.807) is 7.11 Å². The Morgan fingerprint density at radius 2 is 1.28 bits per heavy atom. The average Bonchev–Trinajstić information content (AvgIpc) is 2.30. The number of ether oxygens (including phenoxy) is 1. The van der Waals surface area contributed by atoms with Gasteiger partial charge in [-0.25, -0.2) is 0 Å². The van der Waals surface area contributed by atoms with E-state index in [-0.39, 0.29) is 28.5 Å². The molecule has 1 aromatic rings. The van der Waals surface area contributed by atoms with Crippen LogP contribution in [0.1, 0.15) is 25.7 Å². The van der Waals surface area contributed by atoms with Gasteiger partial charge in [-0.2, -0.15) is 18.2 Å². The predicted octanol–water partition coefficient (Wildman–Crippen LogP) is 4.62. The van der Waals surface area contributed by atoms with Gasteiger partial charge in [-0.15, -0.1) is 12.1 Å². The Bertz CT molecular complexity index is 291. The van der Waals surface area contributed by atoms with Gasteiger partial charge in [0, 0.05) is 5.75 Å². The predicted molar refractivity (Wildman–Crippen MR) is 75.0 cm³/mol. The molecule has 0 radical (unpaired) electrons. The molecule has 0 fully saturated rings. The van der Waals surface area contributed by atoms with Crippen LogP contribution in [0.3, 0.4) is 0 Å². The van der Waals surface area contributed by atoms with Gasteiger partial charge in [0.25, 0.3) is 0 Å². The van der Waals surface area contributed by atoms with E-state index in [0.717, 1.165) is 5.75 Å². The molecular formula is C16H22OPt. The van der Waals surface area contributed by atoms with E-state index in [1.165, 1.54) is 25.7 Å². The summed E-state index contributed by atoms with van der Waals surface area (Å²) >= 11 is 0. The number of benzene rings is 1. The maximum absolute atomic E-state index is 4.89. The van der Waals surface area contributed by atoms with Crippen molar-refractivity contribution in [3.63, 3.8) is 0 Å². The van der Waals surface area contributed by atoms with Gasteiger partial charge < -0.3 is 12.2 Å². The van der Waals surface area contributed by atoms with Crippen molar-refractivity contribution in [2.45, 2.75) is 25.7 Å². The summed E-state index contributed by atoms with van der Waals surface area (Å²) in [6, 6.07) is 10.2. The number of hydrogen-bond donors (Lipinski definition) is 0. The Labute approximate surface area is 126 Å². The van der Waals surface area contributed by atoms with Crippen LogP contribution in [0, 0.1) is 13.5 Å². The summed E-state index contributed by atoms with van der Waals surface area (Å²) in [6.07, 6.45) is 14.0. The van der Waals surface area contributed by atoms with Crippen molar-refractivity contribution < 1.29 is 25.8 Å². The van der Waals surface area contributed by atoms with E-state index in [2.05, 4.69) is 30.4 Å². The first-order valence-electron chi connectivity index (χ1n) is 5.73. The molecule has 0 spiro atoms. The number of hydrogen-bond acceptors (Lipinski definition) is 1. The maximum atomic E-state index is 4.89. The average molecular weight is 425 g/mol. The summed E-state index contributed by atoms with van der Waals surface area (Å²) in [5, 5.41) is 0. The summed E-state index contributed by atoms with van der Waals surface area (Å²) in [4.78, 5) is 0. The molecule has 1 aromatic carbocycles. The minimum absolute atomic E-state index is 0. The van der Waals surface area contributed by atoms with Crippen molar-refractivity contribution in [2.24, 2.45) is 0 Å². The topological polar surface area (TPSA) is 9.23 Å². The van der Waals surface area contributed by atoms with Gasteiger partial charge >= 0.3 is 21.1 Å². The van der Waals surface area contributed by atoms with Crippen LogP contribution in [0.15, 0.2) is 48.6 Å². The zero-order valence-corrected chi connectivity index (χ0v) is 13.4. The fraction of sp³-hybridized carbons (Fsp3) is 0.312. The first kappa shape index (κ1) is 19.5. The van der Waals surface area contributed by atoms with Crippen LogP contribution in [0.25, 0.3) is 0 Å². The quantitative estimate of drug-likeness (QED) is 0.472. The molecule has 0 unspecified atom stereocenters. The largest absolute Gasteiger partial charge is 2.00 e. The zero-order chi connectivity index (χ0) is 11.5. The third-order valence-corrected chi connectivity index (χ3v) is 2.26. The molecule has 0 amide bonds. The van der Waals surface area contributed by atoms with E-state index in [1.807, 2.05) is 24.3 Å². The Morgan fingerprint density at radius 3 is 1.56 bits per heavy atom. The van der Waals surface area contributed by atoms with Crippen molar-refractivity contribution in [2.75, 3.05) is 7.11 Å². The molecule has 0 aliphatic heterocycles. The van der Waals surface area contributed by atoms with Crippen molar-refractivity contribution in [3.8, 4) is 5.75 Å². The third kappa shape index (κ3) is 10.3. The van der Waals surface area contributed by atoms with Gasteiger partial charge in [-0.1, -0.05) is 24.3 Å². The van der Waals surface area contributed by atoms with Crippen molar-refractivity contribution in [3.05, 3.63) is 62.1 Å². The molecule has 0 aromatic heterocycles. The summed E-state index contributed by atoms with van der Waals surface area (Å²) in [7, 11) is 1.65. The van der Waals surface area contributed by atoms with Crippen LogP contribution < -0.4 is 4.74 Å². The van der Waals surface area contributed by atoms with Crippen LogP contribution in [0.2, 0.25) is 0 Å². The first-order valence-corrected chi connectivity index (χ1v) is 5.73. The molecule has 2 rings (SSSR count). The Balaban J connectivity index is 0. The molecule has 102 valence electrons. The fourth-order valence-electron chi connectivity index (χ4n) is 1.36. The van der Waals surface area contributed by atoms with E-state index in [9.17, 15) is 0 Å². The van der Waals surface area contributed by atoms with Gasteiger partial charge in [-0.3, -0.25) is 0 Å². The maximum Gasteiger partial charge on any atom is 2.00 e. The SMILES string of the molecule is C1=C\CC/C=C\CC/1.COc1cc[c-]cc1.[CH3-].[Pt+2]. The van der Waals surface area contributed by atoms with Gasteiger partial charge in [0.05, 0.1) is 7.11 Å². The molecule has 18 heavy (non-hydrogen) atoms. The molecule has 1 aliphatic rings. The van der Waals surface area contributed by atoms with Crippen molar-refractivity contribution in [1.82, 2.24) is 0 Å². The molecule has 0 N–H and O–H groups in total. The van der Waals surface area contributed by atoms with Crippen LogP contribution >= 0.6 is 0 Å². The van der Waals surface area contributed by atoms with Crippen LogP contribution in [0.4, 0.5) is 0 Å². The van der Waals surface area contributed by atoms with Crippen LogP contribution in [0.5, 0.6) is 5.75 Å². The summed E-state index contributed by atoms with van der Waals surface area (Å²) in [6.45, 7) is 0. The molecule has 1 aliphatic carbocycles. The molecule has 2 heteroatoms. The van der Waals surface area contributed by atoms with E-state index in [0.29, 0.717) is 0 Å². The van der Waals surface area contributed by atoms with Crippen LogP contribution in [-0.2, 0) is 21.1 Å². The minimum Gasteiger partial charge on any atom is -0.522 e. The van der Waals surface area contributed by atoms with E-state index >= 15 is 0 Å². The normalized spacial score (nSPS) is 16.3. The third-order valence-electron chi connectivity index (χ3n) is 2.26. The van der Waals surface area contributed by atoms with Crippen LogP contribution in [-0.4, -0.2) is 7.11 Å². The Hall–Kier alpha value is -0.812. The second-order valence-corrected chi connectivity index (χ2v) is 3.54. The number of allylic oxidation sites excluding steroid dienone is 4. The summed E-state index contributed by atoms with van der Waals surface area (Å²) < 4.78 is 4.89. The first-order chi connectivity index (χ1) is 7.93.